The summed E-state index contributed by atoms with van der Waals surface area (Å²) in [5.74, 6) is 0.491. The fourth-order valence-electron chi connectivity index (χ4n) is 2.42. The summed E-state index contributed by atoms with van der Waals surface area (Å²) in [7, 11) is 0. The van der Waals surface area contributed by atoms with Crippen LogP contribution in [-0.2, 0) is 6.54 Å². The molecule has 0 amide bonds. The molecule has 0 spiro atoms. The van der Waals surface area contributed by atoms with Gasteiger partial charge >= 0.3 is 0 Å². The molecule has 0 aliphatic carbocycles. The summed E-state index contributed by atoms with van der Waals surface area (Å²) in [6.45, 7) is 7.85. The van der Waals surface area contributed by atoms with Crippen LogP contribution in [0.5, 0.6) is 0 Å². The van der Waals surface area contributed by atoms with Gasteiger partial charge in [-0.05, 0) is 43.9 Å². The highest BCUT2D eigenvalue weighted by atomic mass is 16.3. The van der Waals surface area contributed by atoms with Gasteiger partial charge in [-0.25, -0.2) is 0 Å². The normalized spacial score (nSPS) is 21.6. The Bertz CT molecular complexity index is 362. The van der Waals surface area contributed by atoms with Gasteiger partial charge in [0.05, 0.1) is 0 Å². The third-order valence-corrected chi connectivity index (χ3v) is 3.53. The lowest BCUT2D eigenvalue weighted by Crippen LogP contribution is -2.21. The summed E-state index contributed by atoms with van der Waals surface area (Å²) in [4.78, 5) is 2.45. The van der Waals surface area contributed by atoms with Crippen molar-refractivity contribution in [3.8, 4) is 0 Å². The van der Waals surface area contributed by atoms with E-state index in [-0.39, 0.29) is 0 Å². The fraction of sp³-hybridized carbons (Fsp3) is 0.571. The molecule has 0 aromatic heterocycles. The van der Waals surface area contributed by atoms with Crippen molar-refractivity contribution in [2.24, 2.45) is 5.92 Å². The van der Waals surface area contributed by atoms with Crippen molar-refractivity contribution >= 4 is 0 Å². The van der Waals surface area contributed by atoms with Gasteiger partial charge in [-0.2, -0.15) is 0 Å². The van der Waals surface area contributed by atoms with Crippen LogP contribution in [0.2, 0.25) is 0 Å². The molecule has 1 aromatic carbocycles. The second kappa shape index (κ2) is 4.98. The average molecular weight is 219 g/mol. The Kier molecular flexibility index (Phi) is 3.62. The van der Waals surface area contributed by atoms with E-state index in [4.69, 9.17) is 5.11 Å². The molecule has 1 saturated heterocycles. The zero-order valence-electron chi connectivity index (χ0n) is 10.2. The van der Waals surface area contributed by atoms with E-state index in [0.29, 0.717) is 12.5 Å². The van der Waals surface area contributed by atoms with Crippen molar-refractivity contribution in [2.45, 2.75) is 26.8 Å². The highest BCUT2D eigenvalue weighted by Gasteiger charge is 2.21. The van der Waals surface area contributed by atoms with Gasteiger partial charge in [-0.15, -0.1) is 0 Å². The van der Waals surface area contributed by atoms with Crippen molar-refractivity contribution in [3.63, 3.8) is 0 Å². The second-order valence-electron chi connectivity index (χ2n) is 5.00. The van der Waals surface area contributed by atoms with Gasteiger partial charge in [0.1, 0.15) is 0 Å². The SMILES string of the molecule is Cc1ccc(C)c(CN2CC[C@H](CO)C2)c1. The maximum Gasteiger partial charge on any atom is 0.0471 e. The summed E-state index contributed by atoms with van der Waals surface area (Å²) in [6, 6.07) is 6.64. The zero-order chi connectivity index (χ0) is 11.5. The highest BCUT2D eigenvalue weighted by Crippen LogP contribution is 2.20. The Balaban J connectivity index is 2.01. The predicted octanol–water partition coefficient (Wildman–Crippen LogP) is 2.12. The van der Waals surface area contributed by atoms with Crippen LogP contribution in [0.15, 0.2) is 18.2 Å². The van der Waals surface area contributed by atoms with E-state index in [0.717, 1.165) is 26.1 Å². The first-order chi connectivity index (χ1) is 7.69. The Hall–Kier alpha value is -0.860. The van der Waals surface area contributed by atoms with E-state index in [1.807, 2.05) is 0 Å². The van der Waals surface area contributed by atoms with Crippen LogP contribution in [0.1, 0.15) is 23.1 Å². The van der Waals surface area contributed by atoms with Crippen LogP contribution in [0, 0.1) is 19.8 Å². The predicted molar refractivity (Wildman–Crippen MR) is 66.4 cm³/mol. The molecule has 1 N–H and O–H groups in total. The molecule has 1 atom stereocenters. The van der Waals surface area contributed by atoms with E-state index in [1.54, 1.807) is 0 Å². The molecule has 0 saturated carbocycles. The van der Waals surface area contributed by atoms with Gasteiger partial charge < -0.3 is 5.11 Å². The van der Waals surface area contributed by atoms with Gasteiger partial charge in [0.2, 0.25) is 0 Å². The Morgan fingerprint density at radius 2 is 2.19 bits per heavy atom. The number of aliphatic hydroxyl groups is 1. The third-order valence-electron chi connectivity index (χ3n) is 3.53. The van der Waals surface area contributed by atoms with Gasteiger partial charge in [0, 0.05) is 19.7 Å². The smallest absolute Gasteiger partial charge is 0.0471 e. The number of aryl methyl sites for hydroxylation is 2. The van der Waals surface area contributed by atoms with Crippen molar-refractivity contribution in [1.29, 1.82) is 0 Å². The van der Waals surface area contributed by atoms with Crippen LogP contribution in [0.25, 0.3) is 0 Å². The largest absolute Gasteiger partial charge is 0.396 e. The van der Waals surface area contributed by atoms with Crippen molar-refractivity contribution in [1.82, 2.24) is 4.90 Å². The second-order valence-corrected chi connectivity index (χ2v) is 5.00. The van der Waals surface area contributed by atoms with E-state index in [2.05, 4.69) is 36.9 Å². The molecule has 88 valence electrons. The molecule has 1 fully saturated rings. The monoisotopic (exact) mass is 219 g/mol. The minimum absolute atomic E-state index is 0.337. The molecule has 1 aliphatic heterocycles. The zero-order valence-corrected chi connectivity index (χ0v) is 10.2. The molecule has 2 nitrogen and oxygen atoms in total. The minimum Gasteiger partial charge on any atom is -0.396 e. The first-order valence-corrected chi connectivity index (χ1v) is 6.08. The highest BCUT2D eigenvalue weighted by molar-refractivity contribution is 5.30. The molecule has 2 rings (SSSR count). The lowest BCUT2D eigenvalue weighted by molar-refractivity contribution is 0.220. The van der Waals surface area contributed by atoms with E-state index in [1.165, 1.54) is 16.7 Å². The molecular formula is C14H21NO. The number of likely N-dealkylation sites (tertiary alicyclic amines) is 1. The van der Waals surface area contributed by atoms with Crippen LogP contribution >= 0.6 is 0 Å². The van der Waals surface area contributed by atoms with Gasteiger partial charge in [-0.1, -0.05) is 23.8 Å². The maximum atomic E-state index is 9.12. The van der Waals surface area contributed by atoms with Crippen molar-refractivity contribution in [3.05, 3.63) is 34.9 Å². The minimum atomic E-state index is 0.337. The molecular weight excluding hydrogens is 198 g/mol. The van der Waals surface area contributed by atoms with Crippen molar-refractivity contribution < 1.29 is 5.11 Å². The molecule has 0 radical (unpaired) electrons. The molecule has 1 aromatic rings. The summed E-state index contributed by atoms with van der Waals surface area (Å²) < 4.78 is 0. The van der Waals surface area contributed by atoms with Crippen LogP contribution in [0.3, 0.4) is 0 Å². The molecule has 16 heavy (non-hydrogen) atoms. The number of aliphatic hydroxyl groups excluding tert-OH is 1. The summed E-state index contributed by atoms with van der Waals surface area (Å²) >= 11 is 0. The van der Waals surface area contributed by atoms with E-state index in [9.17, 15) is 0 Å². The van der Waals surface area contributed by atoms with Gasteiger partial charge in [0.25, 0.3) is 0 Å². The first-order valence-electron chi connectivity index (χ1n) is 6.08. The van der Waals surface area contributed by atoms with Crippen molar-refractivity contribution in [2.75, 3.05) is 19.7 Å². The maximum absolute atomic E-state index is 9.12. The molecule has 0 bridgehead atoms. The molecule has 1 aliphatic rings. The molecule has 1 heterocycles. The molecule has 0 unspecified atom stereocenters. The summed E-state index contributed by atoms with van der Waals surface area (Å²) in [5, 5.41) is 9.12. The van der Waals surface area contributed by atoms with Gasteiger partial charge in [-0.3, -0.25) is 4.90 Å². The Morgan fingerprint density at radius 3 is 2.88 bits per heavy atom. The number of hydrogen-bond donors (Lipinski definition) is 1. The fourth-order valence-corrected chi connectivity index (χ4v) is 2.42. The standard InChI is InChI=1S/C14H21NO/c1-11-3-4-12(2)14(7-11)9-15-6-5-13(8-15)10-16/h3-4,7,13,16H,5-6,8-10H2,1-2H3/t13-/m0/s1. The lowest BCUT2D eigenvalue weighted by Gasteiger charge is -2.17. The van der Waals surface area contributed by atoms with E-state index < -0.39 is 0 Å². The number of hydrogen-bond acceptors (Lipinski definition) is 2. The quantitative estimate of drug-likeness (QED) is 0.841. The van der Waals surface area contributed by atoms with Crippen LogP contribution in [0.4, 0.5) is 0 Å². The Morgan fingerprint density at radius 1 is 1.38 bits per heavy atom. The van der Waals surface area contributed by atoms with Crippen LogP contribution in [-0.4, -0.2) is 29.7 Å². The summed E-state index contributed by atoms with van der Waals surface area (Å²) in [6.07, 6.45) is 1.14. The van der Waals surface area contributed by atoms with Gasteiger partial charge in [0.15, 0.2) is 0 Å². The molecule has 2 heteroatoms. The lowest BCUT2D eigenvalue weighted by atomic mass is 10.1. The number of benzene rings is 1. The first kappa shape index (κ1) is 11.6. The average Bonchev–Trinajstić information content (AvgIpc) is 2.71. The number of rotatable bonds is 3. The third kappa shape index (κ3) is 2.63. The van der Waals surface area contributed by atoms with E-state index >= 15 is 0 Å². The van der Waals surface area contributed by atoms with Crippen LogP contribution < -0.4 is 0 Å². The summed E-state index contributed by atoms with van der Waals surface area (Å²) in [5.41, 5.74) is 4.13. The topological polar surface area (TPSA) is 23.5 Å². The number of nitrogens with zero attached hydrogens (tertiary/aromatic N) is 1. The Labute approximate surface area is 97.9 Å².